The van der Waals surface area contributed by atoms with Crippen LogP contribution in [0.3, 0.4) is 0 Å². The summed E-state index contributed by atoms with van der Waals surface area (Å²) >= 11 is 0. The van der Waals surface area contributed by atoms with Crippen LogP contribution in [0.1, 0.15) is 54.3 Å². The summed E-state index contributed by atoms with van der Waals surface area (Å²) < 4.78 is 10.8. The Morgan fingerprint density at radius 3 is 2.65 bits per heavy atom. The molecule has 1 aromatic heterocycles. The van der Waals surface area contributed by atoms with Gasteiger partial charge < -0.3 is 24.7 Å². The monoisotopic (exact) mass is 426 g/mol. The summed E-state index contributed by atoms with van der Waals surface area (Å²) in [5.74, 6) is 1.76. The van der Waals surface area contributed by atoms with Gasteiger partial charge in [0, 0.05) is 38.3 Å². The van der Waals surface area contributed by atoms with Gasteiger partial charge in [0.15, 0.2) is 5.96 Å². The summed E-state index contributed by atoms with van der Waals surface area (Å²) in [5.41, 5.74) is 1.84. The molecule has 0 unspecified atom stereocenters. The van der Waals surface area contributed by atoms with Crippen LogP contribution in [0.4, 0.5) is 0 Å². The predicted octanol–water partition coefficient (Wildman–Crippen LogP) is 3.57. The Bertz CT molecular complexity index is 797. The number of aliphatic imine (C=N–C) groups is 1. The Labute approximate surface area is 184 Å². The number of piperidine rings is 1. The molecule has 0 spiro atoms. The summed E-state index contributed by atoms with van der Waals surface area (Å²) in [6.07, 6.45) is 5.96. The van der Waals surface area contributed by atoms with Crippen LogP contribution in [-0.4, -0.2) is 49.6 Å². The van der Waals surface area contributed by atoms with Crippen molar-refractivity contribution < 1.29 is 13.9 Å². The van der Waals surface area contributed by atoms with Gasteiger partial charge in [-0.25, -0.2) is 4.99 Å². The first-order valence-corrected chi connectivity index (χ1v) is 11.3. The Morgan fingerprint density at radius 1 is 1.13 bits per heavy atom. The fourth-order valence-corrected chi connectivity index (χ4v) is 3.49. The number of likely N-dealkylation sites (tertiary alicyclic amines) is 1. The third-order valence-electron chi connectivity index (χ3n) is 5.19. The van der Waals surface area contributed by atoms with Gasteiger partial charge in [-0.05, 0) is 62.4 Å². The van der Waals surface area contributed by atoms with Crippen LogP contribution < -0.4 is 10.6 Å². The lowest BCUT2D eigenvalue weighted by Gasteiger charge is -2.26. The van der Waals surface area contributed by atoms with Crippen LogP contribution in [0.2, 0.25) is 0 Å². The van der Waals surface area contributed by atoms with Gasteiger partial charge in [-0.15, -0.1) is 0 Å². The van der Waals surface area contributed by atoms with Gasteiger partial charge in [-0.2, -0.15) is 0 Å². The van der Waals surface area contributed by atoms with Gasteiger partial charge >= 0.3 is 0 Å². The molecule has 1 aliphatic heterocycles. The molecule has 0 radical (unpaired) electrons. The second-order valence-electron chi connectivity index (χ2n) is 7.66. The normalized spacial score (nSPS) is 14.5. The second-order valence-corrected chi connectivity index (χ2v) is 7.66. The topological polar surface area (TPSA) is 79.1 Å². The quantitative estimate of drug-likeness (QED) is 0.345. The number of carbonyl (C=O) groups is 1. The lowest BCUT2D eigenvalue weighted by molar-refractivity contribution is 0.0724. The molecule has 31 heavy (non-hydrogen) atoms. The average Bonchev–Trinajstić information content (AvgIpc) is 3.33. The molecule has 2 aromatic rings. The second kappa shape index (κ2) is 12.8. The minimum atomic E-state index is 0.138. The number of carbonyl (C=O) groups excluding carboxylic acids is 1. The van der Waals surface area contributed by atoms with Crippen LogP contribution >= 0.6 is 0 Å². The molecule has 2 heterocycles. The molecule has 1 amide bonds. The molecular weight excluding hydrogens is 392 g/mol. The summed E-state index contributed by atoms with van der Waals surface area (Å²) in [7, 11) is 0. The SMILES string of the molecule is CCNC(=NCc1ccc(C(=O)N2CCCCC2)cc1)NCCCOCc1ccco1. The van der Waals surface area contributed by atoms with Crippen LogP contribution in [0.25, 0.3) is 0 Å². The lowest BCUT2D eigenvalue weighted by Crippen LogP contribution is -2.38. The standard InChI is InChI=1S/C24H34N4O3/c1-2-25-24(26-13-7-16-30-19-22-8-6-17-31-22)27-18-20-9-11-21(12-10-20)23(29)28-14-4-3-5-15-28/h6,8-12,17H,2-5,7,13-16,18-19H2,1H3,(H2,25,26,27). The van der Waals surface area contributed by atoms with Gasteiger partial charge in [-0.1, -0.05) is 12.1 Å². The molecule has 168 valence electrons. The van der Waals surface area contributed by atoms with Crippen LogP contribution in [0.5, 0.6) is 0 Å². The van der Waals surface area contributed by atoms with Crippen LogP contribution in [0.15, 0.2) is 52.1 Å². The van der Waals surface area contributed by atoms with Gasteiger partial charge in [0.2, 0.25) is 0 Å². The van der Waals surface area contributed by atoms with E-state index < -0.39 is 0 Å². The molecule has 7 heteroatoms. The highest BCUT2D eigenvalue weighted by atomic mass is 16.5. The third-order valence-corrected chi connectivity index (χ3v) is 5.19. The first-order chi connectivity index (χ1) is 15.3. The molecule has 0 bridgehead atoms. The molecule has 1 saturated heterocycles. The summed E-state index contributed by atoms with van der Waals surface area (Å²) in [5, 5.41) is 6.59. The van der Waals surface area contributed by atoms with E-state index in [0.29, 0.717) is 19.8 Å². The van der Waals surface area contributed by atoms with E-state index >= 15 is 0 Å². The molecule has 0 aliphatic carbocycles. The maximum atomic E-state index is 12.6. The number of rotatable bonds is 10. The number of benzene rings is 1. The van der Waals surface area contributed by atoms with Crippen molar-refractivity contribution in [3.8, 4) is 0 Å². The van der Waals surface area contributed by atoms with Gasteiger partial charge in [0.1, 0.15) is 12.4 Å². The van der Waals surface area contributed by atoms with Crippen molar-refractivity contribution in [2.24, 2.45) is 4.99 Å². The number of furan rings is 1. The minimum Gasteiger partial charge on any atom is -0.467 e. The highest BCUT2D eigenvalue weighted by Crippen LogP contribution is 2.14. The number of nitrogens with one attached hydrogen (secondary N) is 2. The zero-order chi connectivity index (χ0) is 21.7. The van der Waals surface area contributed by atoms with Gasteiger partial charge in [-0.3, -0.25) is 4.79 Å². The third kappa shape index (κ3) is 7.75. The van der Waals surface area contributed by atoms with Crippen molar-refractivity contribution in [2.75, 3.05) is 32.8 Å². The highest BCUT2D eigenvalue weighted by molar-refractivity contribution is 5.94. The van der Waals surface area contributed by atoms with E-state index in [1.807, 2.05) is 48.2 Å². The molecule has 3 rings (SSSR count). The lowest BCUT2D eigenvalue weighted by atomic mass is 10.1. The molecule has 2 N–H and O–H groups in total. The molecular formula is C24H34N4O3. The van der Waals surface area contributed by atoms with E-state index in [1.54, 1.807) is 6.26 Å². The number of ether oxygens (including phenoxy) is 1. The van der Waals surface area contributed by atoms with Crippen molar-refractivity contribution in [3.05, 3.63) is 59.5 Å². The number of hydrogen-bond acceptors (Lipinski definition) is 4. The Morgan fingerprint density at radius 2 is 1.94 bits per heavy atom. The van der Waals surface area contributed by atoms with Gasteiger partial charge in [0.05, 0.1) is 12.8 Å². The van der Waals surface area contributed by atoms with Crippen molar-refractivity contribution in [1.82, 2.24) is 15.5 Å². The van der Waals surface area contributed by atoms with E-state index in [4.69, 9.17) is 9.15 Å². The zero-order valence-electron chi connectivity index (χ0n) is 18.4. The van der Waals surface area contributed by atoms with Crippen molar-refractivity contribution in [2.45, 2.75) is 45.8 Å². The number of guanidine groups is 1. The van der Waals surface area contributed by atoms with Crippen molar-refractivity contribution in [1.29, 1.82) is 0 Å². The fraction of sp³-hybridized carbons (Fsp3) is 0.500. The first kappa shape index (κ1) is 22.9. The predicted molar refractivity (Wildman–Crippen MR) is 122 cm³/mol. The maximum Gasteiger partial charge on any atom is 0.253 e. The molecule has 0 saturated carbocycles. The number of hydrogen-bond donors (Lipinski definition) is 2. The Balaban J connectivity index is 1.40. The smallest absolute Gasteiger partial charge is 0.253 e. The van der Waals surface area contributed by atoms with Crippen LogP contribution in [0, 0.1) is 0 Å². The Hall–Kier alpha value is -2.80. The Kier molecular flexibility index (Phi) is 9.44. The molecule has 1 aliphatic rings. The average molecular weight is 427 g/mol. The number of amides is 1. The van der Waals surface area contributed by atoms with E-state index in [-0.39, 0.29) is 5.91 Å². The van der Waals surface area contributed by atoms with E-state index in [0.717, 1.165) is 68.3 Å². The summed E-state index contributed by atoms with van der Waals surface area (Å²) in [4.78, 5) is 19.2. The molecule has 1 fully saturated rings. The fourth-order valence-electron chi connectivity index (χ4n) is 3.49. The van der Waals surface area contributed by atoms with Crippen LogP contribution in [-0.2, 0) is 17.9 Å². The van der Waals surface area contributed by atoms with Crippen molar-refractivity contribution >= 4 is 11.9 Å². The van der Waals surface area contributed by atoms with E-state index in [1.165, 1.54) is 6.42 Å². The largest absolute Gasteiger partial charge is 0.467 e. The first-order valence-electron chi connectivity index (χ1n) is 11.3. The van der Waals surface area contributed by atoms with E-state index in [2.05, 4.69) is 15.6 Å². The van der Waals surface area contributed by atoms with Gasteiger partial charge in [0.25, 0.3) is 5.91 Å². The highest BCUT2D eigenvalue weighted by Gasteiger charge is 2.17. The number of nitrogens with zero attached hydrogens (tertiary/aromatic N) is 2. The maximum absolute atomic E-state index is 12.6. The summed E-state index contributed by atoms with van der Waals surface area (Å²) in [6.45, 7) is 7.06. The van der Waals surface area contributed by atoms with Crippen molar-refractivity contribution in [3.63, 3.8) is 0 Å². The summed E-state index contributed by atoms with van der Waals surface area (Å²) in [6, 6.07) is 11.6. The minimum absolute atomic E-state index is 0.138. The zero-order valence-corrected chi connectivity index (χ0v) is 18.4. The van der Waals surface area contributed by atoms with E-state index in [9.17, 15) is 4.79 Å². The molecule has 1 aromatic carbocycles. The molecule has 0 atom stereocenters. The molecule has 7 nitrogen and oxygen atoms in total.